The minimum atomic E-state index is -0.279. The number of halogens is 1. The summed E-state index contributed by atoms with van der Waals surface area (Å²) in [6.07, 6.45) is 0.0330. The Morgan fingerprint density at radius 3 is 2.50 bits per heavy atom. The van der Waals surface area contributed by atoms with Gasteiger partial charge in [0.25, 0.3) is 0 Å². The van der Waals surface area contributed by atoms with E-state index in [1.54, 1.807) is 12.1 Å². The van der Waals surface area contributed by atoms with Crippen molar-refractivity contribution in [1.82, 2.24) is 5.32 Å². The van der Waals surface area contributed by atoms with Crippen molar-refractivity contribution in [2.45, 2.75) is 25.7 Å². The van der Waals surface area contributed by atoms with Crippen molar-refractivity contribution < 1.29 is 9.13 Å². The summed E-state index contributed by atoms with van der Waals surface area (Å²) in [5, 5.41) is 3.24. The number of benzene rings is 1. The number of ether oxygens (including phenoxy) is 1. The van der Waals surface area contributed by atoms with E-state index in [4.69, 9.17) is 4.74 Å². The summed E-state index contributed by atoms with van der Waals surface area (Å²) in [4.78, 5) is 0. The Morgan fingerprint density at radius 1 is 1.36 bits per heavy atom. The lowest BCUT2D eigenvalue weighted by Crippen LogP contribution is -2.33. The van der Waals surface area contributed by atoms with Gasteiger partial charge in [0.15, 0.2) is 0 Å². The second kappa shape index (κ2) is 3.33. The molecule has 0 aromatic heterocycles. The van der Waals surface area contributed by atoms with Gasteiger partial charge in [0.05, 0.1) is 6.10 Å². The molecule has 2 nitrogen and oxygen atoms in total. The van der Waals surface area contributed by atoms with Crippen LogP contribution < -0.4 is 5.32 Å². The van der Waals surface area contributed by atoms with Crippen LogP contribution in [0.3, 0.4) is 0 Å². The summed E-state index contributed by atoms with van der Waals surface area (Å²) >= 11 is 0. The van der Waals surface area contributed by atoms with Crippen LogP contribution in [-0.2, 0) is 4.74 Å². The van der Waals surface area contributed by atoms with Crippen molar-refractivity contribution in [3.05, 3.63) is 35.6 Å². The molecule has 14 heavy (non-hydrogen) atoms. The normalized spacial score (nSPS) is 25.2. The van der Waals surface area contributed by atoms with Crippen LogP contribution in [0.5, 0.6) is 0 Å². The van der Waals surface area contributed by atoms with E-state index in [0.717, 1.165) is 12.1 Å². The fraction of sp³-hybridized carbons (Fsp3) is 0.455. The molecule has 2 rings (SSSR count). The predicted octanol–water partition coefficient (Wildman–Crippen LogP) is 2.22. The molecule has 1 atom stereocenters. The molecular formula is C11H14FNO. The zero-order valence-electron chi connectivity index (χ0n) is 8.38. The SMILES string of the molecule is CC1(C)NCC(c2ccc(F)cc2)O1. The van der Waals surface area contributed by atoms with Gasteiger partial charge < -0.3 is 4.74 Å². The van der Waals surface area contributed by atoms with E-state index in [2.05, 4.69) is 5.32 Å². The molecule has 0 saturated carbocycles. The maximum Gasteiger partial charge on any atom is 0.123 e. The Balaban J connectivity index is 2.14. The lowest BCUT2D eigenvalue weighted by atomic mass is 10.1. The summed E-state index contributed by atoms with van der Waals surface area (Å²) in [6, 6.07) is 6.46. The zero-order valence-corrected chi connectivity index (χ0v) is 8.38. The van der Waals surface area contributed by atoms with Crippen LogP contribution in [0, 0.1) is 5.82 Å². The van der Waals surface area contributed by atoms with Crippen molar-refractivity contribution in [3.8, 4) is 0 Å². The highest BCUT2D eigenvalue weighted by molar-refractivity contribution is 5.20. The molecule has 1 saturated heterocycles. The molecule has 0 spiro atoms. The van der Waals surface area contributed by atoms with Gasteiger partial charge in [-0.05, 0) is 31.5 Å². The average molecular weight is 195 g/mol. The third kappa shape index (κ3) is 1.94. The predicted molar refractivity (Wildman–Crippen MR) is 52.3 cm³/mol. The molecule has 1 N–H and O–H groups in total. The second-order valence-corrected chi connectivity index (χ2v) is 4.05. The van der Waals surface area contributed by atoms with Crippen LogP contribution in [0.15, 0.2) is 24.3 Å². The third-order valence-corrected chi connectivity index (χ3v) is 2.39. The minimum absolute atomic E-state index is 0.0330. The smallest absolute Gasteiger partial charge is 0.123 e. The van der Waals surface area contributed by atoms with Gasteiger partial charge in [0.2, 0.25) is 0 Å². The zero-order chi connectivity index (χ0) is 10.2. The monoisotopic (exact) mass is 195 g/mol. The first-order valence-electron chi connectivity index (χ1n) is 4.75. The average Bonchev–Trinajstić information content (AvgIpc) is 2.47. The molecule has 1 aliphatic rings. The summed E-state index contributed by atoms with van der Waals surface area (Å²) in [7, 11) is 0. The van der Waals surface area contributed by atoms with Crippen LogP contribution in [0.4, 0.5) is 4.39 Å². The van der Waals surface area contributed by atoms with E-state index in [-0.39, 0.29) is 17.6 Å². The summed E-state index contributed by atoms with van der Waals surface area (Å²) in [5.74, 6) is -0.209. The Hall–Kier alpha value is -0.930. The van der Waals surface area contributed by atoms with Gasteiger partial charge in [-0.3, -0.25) is 5.32 Å². The van der Waals surface area contributed by atoms with Crippen molar-refractivity contribution in [2.24, 2.45) is 0 Å². The molecule has 0 aliphatic carbocycles. The minimum Gasteiger partial charge on any atom is -0.352 e. The lowest BCUT2D eigenvalue weighted by molar-refractivity contribution is -0.0241. The van der Waals surface area contributed by atoms with Gasteiger partial charge in [-0.15, -0.1) is 0 Å². The molecule has 1 fully saturated rings. The summed E-state index contributed by atoms with van der Waals surface area (Å²) in [6.45, 7) is 4.74. The van der Waals surface area contributed by atoms with Gasteiger partial charge in [0.1, 0.15) is 11.5 Å². The Kier molecular flexibility index (Phi) is 2.29. The summed E-state index contributed by atoms with van der Waals surface area (Å²) < 4.78 is 18.4. The molecular weight excluding hydrogens is 181 g/mol. The lowest BCUT2D eigenvalue weighted by Gasteiger charge is -2.18. The van der Waals surface area contributed by atoms with Crippen molar-refractivity contribution in [2.75, 3.05) is 6.54 Å². The summed E-state index contributed by atoms with van der Waals surface area (Å²) in [5.41, 5.74) is 0.739. The van der Waals surface area contributed by atoms with Crippen LogP contribution >= 0.6 is 0 Å². The molecule has 1 heterocycles. The van der Waals surface area contributed by atoms with Gasteiger partial charge in [-0.2, -0.15) is 0 Å². The highest BCUT2D eigenvalue weighted by atomic mass is 19.1. The molecule has 0 radical (unpaired) electrons. The number of hydrogen-bond donors (Lipinski definition) is 1. The largest absolute Gasteiger partial charge is 0.352 e. The number of rotatable bonds is 1. The Bertz CT molecular complexity index is 321. The Morgan fingerprint density at radius 2 is 2.00 bits per heavy atom. The molecule has 3 heteroatoms. The van der Waals surface area contributed by atoms with Crippen molar-refractivity contribution in [1.29, 1.82) is 0 Å². The molecule has 1 unspecified atom stereocenters. The van der Waals surface area contributed by atoms with Crippen LogP contribution in [0.2, 0.25) is 0 Å². The third-order valence-electron chi connectivity index (χ3n) is 2.39. The maximum absolute atomic E-state index is 12.7. The first-order valence-corrected chi connectivity index (χ1v) is 4.75. The van der Waals surface area contributed by atoms with Crippen molar-refractivity contribution >= 4 is 0 Å². The van der Waals surface area contributed by atoms with Crippen LogP contribution in [0.1, 0.15) is 25.5 Å². The highest BCUT2D eigenvalue weighted by Gasteiger charge is 2.31. The van der Waals surface area contributed by atoms with Gasteiger partial charge in [0, 0.05) is 6.54 Å². The molecule has 1 aromatic rings. The quantitative estimate of drug-likeness (QED) is 0.742. The second-order valence-electron chi connectivity index (χ2n) is 4.05. The van der Waals surface area contributed by atoms with E-state index in [9.17, 15) is 4.39 Å². The maximum atomic E-state index is 12.7. The fourth-order valence-corrected chi connectivity index (χ4v) is 1.64. The van der Waals surface area contributed by atoms with Crippen molar-refractivity contribution in [3.63, 3.8) is 0 Å². The van der Waals surface area contributed by atoms with Crippen LogP contribution in [0.25, 0.3) is 0 Å². The fourth-order valence-electron chi connectivity index (χ4n) is 1.64. The number of hydrogen-bond acceptors (Lipinski definition) is 2. The van der Waals surface area contributed by atoms with E-state index in [0.29, 0.717) is 0 Å². The molecule has 1 aromatic carbocycles. The standard InChI is InChI=1S/C11H14FNO/c1-11(2)13-7-10(14-11)8-3-5-9(12)6-4-8/h3-6,10,13H,7H2,1-2H3. The van der Waals surface area contributed by atoms with Gasteiger partial charge in [-0.25, -0.2) is 4.39 Å². The molecule has 76 valence electrons. The molecule has 0 bridgehead atoms. The first-order chi connectivity index (χ1) is 6.57. The Labute approximate surface area is 83.1 Å². The van der Waals surface area contributed by atoms with E-state index < -0.39 is 0 Å². The number of nitrogens with one attached hydrogen (secondary N) is 1. The molecule has 1 aliphatic heterocycles. The van der Waals surface area contributed by atoms with Gasteiger partial charge >= 0.3 is 0 Å². The van der Waals surface area contributed by atoms with E-state index >= 15 is 0 Å². The van der Waals surface area contributed by atoms with E-state index in [1.807, 2.05) is 13.8 Å². The van der Waals surface area contributed by atoms with Gasteiger partial charge in [-0.1, -0.05) is 12.1 Å². The van der Waals surface area contributed by atoms with E-state index in [1.165, 1.54) is 12.1 Å². The first kappa shape index (κ1) is 9.62. The molecule has 0 amide bonds. The highest BCUT2D eigenvalue weighted by Crippen LogP contribution is 2.27. The topological polar surface area (TPSA) is 21.3 Å². The van der Waals surface area contributed by atoms with Crippen LogP contribution in [-0.4, -0.2) is 12.3 Å².